The van der Waals surface area contributed by atoms with Crippen molar-refractivity contribution in [2.75, 3.05) is 0 Å². The van der Waals surface area contributed by atoms with Crippen LogP contribution in [-0.4, -0.2) is 0 Å². The van der Waals surface area contributed by atoms with E-state index in [2.05, 4.69) is 31.4 Å². The summed E-state index contributed by atoms with van der Waals surface area (Å²) in [6.07, 6.45) is 0. The maximum absolute atomic E-state index is 6.07. The fourth-order valence-corrected chi connectivity index (χ4v) is 2.45. The summed E-state index contributed by atoms with van der Waals surface area (Å²) in [5.41, 5.74) is 7.43. The van der Waals surface area contributed by atoms with E-state index >= 15 is 0 Å². The minimum Gasteiger partial charge on any atom is -0.271 e. The van der Waals surface area contributed by atoms with E-state index in [1.165, 1.54) is 11.1 Å². The van der Waals surface area contributed by atoms with Gasteiger partial charge in [-0.1, -0.05) is 47.5 Å². The molecular weight excluding hydrogens is 279 g/mol. The lowest BCUT2D eigenvalue weighted by Gasteiger charge is -2.20. The number of aryl methyl sites for hydroxylation is 1. The lowest BCUT2D eigenvalue weighted by atomic mass is 9.93. The second-order valence-corrected chi connectivity index (χ2v) is 5.38. The van der Waals surface area contributed by atoms with Gasteiger partial charge in [-0.25, -0.2) is 5.43 Å². The van der Waals surface area contributed by atoms with Crippen molar-refractivity contribution in [2.45, 2.75) is 19.9 Å². The first-order chi connectivity index (χ1) is 9.04. The second-order valence-electron chi connectivity index (χ2n) is 4.56. The highest BCUT2D eigenvalue weighted by molar-refractivity contribution is 6.42. The molecule has 0 fully saturated rings. The van der Waals surface area contributed by atoms with Crippen LogP contribution in [0.5, 0.6) is 0 Å². The molecule has 0 radical (unpaired) electrons. The third-order valence-electron chi connectivity index (χ3n) is 3.40. The van der Waals surface area contributed by atoms with Crippen LogP contribution < -0.4 is 11.3 Å². The van der Waals surface area contributed by atoms with Crippen molar-refractivity contribution in [2.24, 2.45) is 5.84 Å². The maximum atomic E-state index is 6.07. The van der Waals surface area contributed by atoms with Crippen LogP contribution in [0.15, 0.2) is 36.4 Å². The molecule has 2 nitrogen and oxygen atoms in total. The highest BCUT2D eigenvalue weighted by Gasteiger charge is 2.16. The Bertz CT molecular complexity index is 597. The molecule has 2 aromatic carbocycles. The number of hydrazine groups is 1. The van der Waals surface area contributed by atoms with Crippen LogP contribution in [0.1, 0.15) is 28.3 Å². The van der Waals surface area contributed by atoms with E-state index < -0.39 is 0 Å². The predicted molar refractivity (Wildman–Crippen MR) is 81.5 cm³/mol. The van der Waals surface area contributed by atoms with Crippen molar-refractivity contribution >= 4 is 23.2 Å². The summed E-state index contributed by atoms with van der Waals surface area (Å²) in [5.74, 6) is 5.72. The van der Waals surface area contributed by atoms with Gasteiger partial charge in [-0.05, 0) is 48.2 Å². The topological polar surface area (TPSA) is 38.0 Å². The molecule has 1 atom stereocenters. The van der Waals surface area contributed by atoms with Crippen LogP contribution >= 0.6 is 23.2 Å². The lowest BCUT2D eigenvalue weighted by molar-refractivity contribution is 0.633. The van der Waals surface area contributed by atoms with Gasteiger partial charge in [0.1, 0.15) is 0 Å². The van der Waals surface area contributed by atoms with Gasteiger partial charge in [0.05, 0.1) is 16.1 Å². The molecule has 0 aliphatic heterocycles. The van der Waals surface area contributed by atoms with E-state index in [-0.39, 0.29) is 6.04 Å². The SMILES string of the molecule is Cc1cccc(C(NN)c2ccc(Cl)c(Cl)c2)c1C. The van der Waals surface area contributed by atoms with E-state index in [0.717, 1.165) is 11.1 Å². The summed E-state index contributed by atoms with van der Waals surface area (Å²) in [5, 5.41) is 1.08. The fraction of sp³-hybridized carbons (Fsp3) is 0.200. The number of halogens is 2. The number of hydrogen-bond acceptors (Lipinski definition) is 2. The van der Waals surface area contributed by atoms with Crippen molar-refractivity contribution in [3.8, 4) is 0 Å². The Kier molecular flexibility index (Phi) is 4.48. The van der Waals surface area contributed by atoms with Gasteiger partial charge < -0.3 is 0 Å². The van der Waals surface area contributed by atoms with Gasteiger partial charge in [-0.15, -0.1) is 0 Å². The highest BCUT2D eigenvalue weighted by Crippen LogP contribution is 2.30. The van der Waals surface area contributed by atoms with Crippen molar-refractivity contribution in [3.05, 3.63) is 68.7 Å². The Morgan fingerprint density at radius 2 is 1.79 bits per heavy atom. The van der Waals surface area contributed by atoms with E-state index in [1.807, 2.05) is 18.2 Å². The monoisotopic (exact) mass is 294 g/mol. The van der Waals surface area contributed by atoms with Crippen LogP contribution in [0.25, 0.3) is 0 Å². The van der Waals surface area contributed by atoms with Crippen molar-refractivity contribution < 1.29 is 0 Å². The number of hydrogen-bond donors (Lipinski definition) is 2. The van der Waals surface area contributed by atoms with Crippen LogP contribution in [0.4, 0.5) is 0 Å². The maximum Gasteiger partial charge on any atom is 0.0713 e. The molecule has 100 valence electrons. The van der Waals surface area contributed by atoms with Gasteiger partial charge in [-0.2, -0.15) is 0 Å². The highest BCUT2D eigenvalue weighted by atomic mass is 35.5. The summed E-state index contributed by atoms with van der Waals surface area (Å²) in [6, 6.07) is 11.6. The largest absolute Gasteiger partial charge is 0.271 e. The Balaban J connectivity index is 2.50. The summed E-state index contributed by atoms with van der Waals surface area (Å²) >= 11 is 12.0. The lowest BCUT2D eigenvalue weighted by Crippen LogP contribution is -2.29. The zero-order valence-electron chi connectivity index (χ0n) is 10.9. The molecule has 1 unspecified atom stereocenters. The van der Waals surface area contributed by atoms with Gasteiger partial charge in [0.25, 0.3) is 0 Å². The molecule has 0 bridgehead atoms. The van der Waals surface area contributed by atoms with Gasteiger partial charge in [-0.3, -0.25) is 5.84 Å². The molecule has 0 amide bonds. The predicted octanol–water partition coefficient (Wildman–Crippen LogP) is 4.16. The molecule has 0 saturated heterocycles. The molecule has 0 spiro atoms. The molecule has 0 saturated carbocycles. The Labute approximate surface area is 123 Å². The molecule has 0 aromatic heterocycles. The first-order valence-corrected chi connectivity index (χ1v) is 6.77. The zero-order chi connectivity index (χ0) is 14.0. The van der Waals surface area contributed by atoms with Gasteiger partial charge in [0.15, 0.2) is 0 Å². The van der Waals surface area contributed by atoms with E-state index in [1.54, 1.807) is 6.07 Å². The third-order valence-corrected chi connectivity index (χ3v) is 4.14. The smallest absolute Gasteiger partial charge is 0.0713 e. The van der Waals surface area contributed by atoms with Crippen LogP contribution in [0, 0.1) is 13.8 Å². The molecular formula is C15H16Cl2N2. The summed E-state index contributed by atoms with van der Waals surface area (Å²) in [4.78, 5) is 0. The van der Waals surface area contributed by atoms with E-state index in [0.29, 0.717) is 10.0 Å². The molecule has 4 heteroatoms. The van der Waals surface area contributed by atoms with Crippen molar-refractivity contribution in [3.63, 3.8) is 0 Å². The molecule has 2 rings (SSSR count). The number of nitrogens with two attached hydrogens (primary N) is 1. The Hall–Kier alpha value is -1.06. The molecule has 0 heterocycles. The van der Waals surface area contributed by atoms with Crippen molar-refractivity contribution in [1.29, 1.82) is 0 Å². The average Bonchev–Trinajstić information content (AvgIpc) is 2.39. The normalized spacial score (nSPS) is 12.5. The summed E-state index contributed by atoms with van der Waals surface area (Å²) in [6.45, 7) is 4.17. The van der Waals surface area contributed by atoms with Gasteiger partial charge >= 0.3 is 0 Å². The van der Waals surface area contributed by atoms with Crippen LogP contribution in [0.2, 0.25) is 10.0 Å². The number of nitrogens with one attached hydrogen (secondary N) is 1. The third kappa shape index (κ3) is 2.93. The van der Waals surface area contributed by atoms with E-state index in [4.69, 9.17) is 29.0 Å². The molecule has 0 aliphatic rings. The van der Waals surface area contributed by atoms with Gasteiger partial charge in [0, 0.05) is 0 Å². The quantitative estimate of drug-likeness (QED) is 0.659. The number of benzene rings is 2. The fourth-order valence-electron chi connectivity index (χ4n) is 2.14. The first kappa shape index (κ1) is 14.4. The average molecular weight is 295 g/mol. The number of rotatable bonds is 3. The molecule has 3 N–H and O–H groups in total. The zero-order valence-corrected chi connectivity index (χ0v) is 12.4. The summed E-state index contributed by atoms with van der Waals surface area (Å²) < 4.78 is 0. The molecule has 2 aromatic rings. The minimum absolute atomic E-state index is 0.102. The second kappa shape index (κ2) is 5.93. The Morgan fingerprint density at radius 3 is 2.42 bits per heavy atom. The van der Waals surface area contributed by atoms with Crippen LogP contribution in [-0.2, 0) is 0 Å². The summed E-state index contributed by atoms with van der Waals surface area (Å²) in [7, 11) is 0. The molecule has 19 heavy (non-hydrogen) atoms. The first-order valence-electron chi connectivity index (χ1n) is 6.01. The van der Waals surface area contributed by atoms with Gasteiger partial charge in [0.2, 0.25) is 0 Å². The molecule has 0 aliphatic carbocycles. The van der Waals surface area contributed by atoms with E-state index in [9.17, 15) is 0 Å². The standard InChI is InChI=1S/C15H16Cl2N2/c1-9-4-3-5-12(10(9)2)15(19-18)11-6-7-13(16)14(17)8-11/h3-8,15,19H,18H2,1-2H3. The Morgan fingerprint density at radius 1 is 1.05 bits per heavy atom. The van der Waals surface area contributed by atoms with Crippen molar-refractivity contribution in [1.82, 2.24) is 5.43 Å². The minimum atomic E-state index is -0.102. The van der Waals surface area contributed by atoms with Crippen LogP contribution in [0.3, 0.4) is 0 Å².